The molecule has 2 nitrogen and oxygen atoms in total. The van der Waals surface area contributed by atoms with Crippen molar-refractivity contribution in [3.63, 3.8) is 0 Å². The Morgan fingerprint density at radius 3 is 2.75 bits per heavy atom. The summed E-state index contributed by atoms with van der Waals surface area (Å²) in [7, 11) is 0. The molecule has 0 atom stereocenters. The van der Waals surface area contributed by atoms with Gasteiger partial charge in [0.1, 0.15) is 5.76 Å². The van der Waals surface area contributed by atoms with Gasteiger partial charge in [0.15, 0.2) is 0 Å². The van der Waals surface area contributed by atoms with Crippen molar-refractivity contribution >= 4 is 0 Å². The van der Waals surface area contributed by atoms with Crippen molar-refractivity contribution in [2.24, 2.45) is 0 Å². The van der Waals surface area contributed by atoms with E-state index in [1.165, 1.54) is 0 Å². The Morgan fingerprint density at radius 1 is 1.75 bits per heavy atom. The van der Waals surface area contributed by atoms with Gasteiger partial charge < -0.3 is 4.52 Å². The van der Waals surface area contributed by atoms with Gasteiger partial charge in [-0.15, -0.1) is 0 Å². The maximum absolute atomic E-state index is 4.81. The molecule has 1 heterocycles. The highest BCUT2D eigenvalue weighted by atomic mass is 16.5. The van der Waals surface area contributed by atoms with Gasteiger partial charge in [0.05, 0.1) is 11.8 Å². The maximum Gasteiger partial charge on any atom is 0.144 e. The average molecular weight is 110 g/mol. The molecule has 1 aromatic heterocycles. The van der Waals surface area contributed by atoms with Gasteiger partial charge in [0.2, 0.25) is 0 Å². The molecule has 0 amide bonds. The predicted octanol–water partition coefficient (Wildman–Crippen LogP) is 1.35. The molecule has 8 heavy (non-hydrogen) atoms. The number of hydrogen-bond acceptors (Lipinski definition) is 2. The Labute approximate surface area is 48.5 Å². The van der Waals surface area contributed by atoms with Crippen LogP contribution in [0.5, 0.6) is 0 Å². The minimum Gasteiger partial charge on any atom is -0.360 e. The first-order valence-corrected chi connectivity index (χ1v) is 2.67. The molecule has 0 saturated carbocycles. The fourth-order valence-corrected chi connectivity index (χ4v) is 0.524. The molecular weight excluding hydrogens is 102 g/mol. The zero-order valence-corrected chi connectivity index (χ0v) is 5.06. The highest BCUT2D eigenvalue weighted by molar-refractivity contribution is 4.99. The van der Waals surface area contributed by atoms with E-state index in [1.807, 2.05) is 13.8 Å². The van der Waals surface area contributed by atoms with Crippen LogP contribution in [-0.2, 0) is 6.42 Å². The molecule has 1 rings (SSSR count). The van der Waals surface area contributed by atoms with Crippen LogP contribution in [0.4, 0.5) is 0 Å². The van der Waals surface area contributed by atoms with Crippen LogP contribution in [0.2, 0.25) is 0 Å². The Morgan fingerprint density at radius 2 is 2.50 bits per heavy atom. The van der Waals surface area contributed by atoms with Crippen molar-refractivity contribution in [1.29, 1.82) is 0 Å². The lowest BCUT2D eigenvalue weighted by Gasteiger charge is -1.75. The molecular formula is C6H8NO. The fraction of sp³-hybridized carbons (Fsp3) is 0.500. The monoisotopic (exact) mass is 110 g/mol. The molecule has 0 fully saturated rings. The molecule has 1 aromatic rings. The van der Waals surface area contributed by atoms with E-state index >= 15 is 0 Å². The van der Waals surface area contributed by atoms with Crippen LogP contribution in [-0.4, -0.2) is 5.16 Å². The molecule has 0 N–H and O–H groups in total. The van der Waals surface area contributed by atoms with Gasteiger partial charge in [-0.05, 0) is 6.92 Å². The lowest BCUT2D eigenvalue weighted by molar-refractivity contribution is 0.383. The summed E-state index contributed by atoms with van der Waals surface area (Å²) in [6.45, 7) is 3.87. The van der Waals surface area contributed by atoms with Gasteiger partial charge in [0, 0.05) is 6.42 Å². The minimum absolute atomic E-state index is 0.835. The summed E-state index contributed by atoms with van der Waals surface area (Å²) >= 11 is 0. The first kappa shape index (κ1) is 5.35. The molecule has 0 unspecified atom stereocenters. The second-order valence-electron chi connectivity index (χ2n) is 1.67. The molecule has 2 heteroatoms. The Hall–Kier alpha value is -0.790. The zero-order valence-electron chi connectivity index (χ0n) is 5.06. The Kier molecular flexibility index (Phi) is 1.33. The smallest absolute Gasteiger partial charge is 0.144 e. The third-order valence-corrected chi connectivity index (χ3v) is 0.934. The molecule has 1 radical (unpaired) electrons. The van der Waals surface area contributed by atoms with Gasteiger partial charge >= 0.3 is 0 Å². The number of hydrogen-bond donors (Lipinski definition) is 0. The Balaban J connectivity index is 2.84. The second-order valence-corrected chi connectivity index (χ2v) is 1.67. The molecule has 0 aliphatic heterocycles. The van der Waals surface area contributed by atoms with E-state index in [1.54, 1.807) is 0 Å². The van der Waals surface area contributed by atoms with E-state index in [2.05, 4.69) is 11.2 Å². The topological polar surface area (TPSA) is 26.0 Å². The van der Waals surface area contributed by atoms with Crippen molar-refractivity contribution in [1.82, 2.24) is 5.16 Å². The van der Waals surface area contributed by atoms with Gasteiger partial charge in [-0.2, -0.15) is 0 Å². The Bertz CT molecular complexity index is 169. The van der Waals surface area contributed by atoms with E-state index in [0.717, 1.165) is 17.9 Å². The number of rotatable bonds is 1. The highest BCUT2D eigenvalue weighted by Crippen LogP contribution is 1.99. The largest absolute Gasteiger partial charge is 0.360 e. The van der Waals surface area contributed by atoms with Gasteiger partial charge in [-0.3, -0.25) is 0 Å². The van der Waals surface area contributed by atoms with E-state index in [-0.39, 0.29) is 0 Å². The van der Waals surface area contributed by atoms with Crippen LogP contribution in [0.3, 0.4) is 0 Å². The third-order valence-electron chi connectivity index (χ3n) is 0.934. The number of nitrogens with zero attached hydrogens (tertiary/aromatic N) is 1. The summed E-state index contributed by atoms with van der Waals surface area (Å²) in [4.78, 5) is 0. The predicted molar refractivity (Wildman–Crippen MR) is 29.5 cm³/mol. The molecule has 0 bridgehead atoms. The molecule has 0 spiro atoms. The summed E-state index contributed by atoms with van der Waals surface area (Å²) in [6, 6.07) is 2.95. The van der Waals surface area contributed by atoms with E-state index < -0.39 is 0 Å². The van der Waals surface area contributed by atoms with Gasteiger partial charge in [-0.25, -0.2) is 0 Å². The quantitative estimate of drug-likeness (QED) is 0.545. The van der Waals surface area contributed by atoms with Crippen molar-refractivity contribution in [2.45, 2.75) is 20.3 Å². The number of aromatic nitrogens is 1. The zero-order chi connectivity index (χ0) is 5.98. The first-order chi connectivity index (χ1) is 3.83. The van der Waals surface area contributed by atoms with Crippen LogP contribution in [0, 0.1) is 13.0 Å². The van der Waals surface area contributed by atoms with Crippen LogP contribution >= 0.6 is 0 Å². The lowest BCUT2D eigenvalue weighted by atomic mass is 10.3. The van der Waals surface area contributed by atoms with Gasteiger partial charge in [-0.1, -0.05) is 12.1 Å². The van der Waals surface area contributed by atoms with E-state index in [4.69, 9.17) is 4.52 Å². The van der Waals surface area contributed by atoms with Crippen LogP contribution < -0.4 is 0 Å². The van der Waals surface area contributed by atoms with Crippen molar-refractivity contribution in [3.8, 4) is 0 Å². The van der Waals surface area contributed by atoms with Crippen molar-refractivity contribution in [3.05, 3.63) is 17.5 Å². The third kappa shape index (κ3) is 0.886. The lowest BCUT2D eigenvalue weighted by Crippen LogP contribution is -1.68. The van der Waals surface area contributed by atoms with Crippen molar-refractivity contribution < 1.29 is 4.52 Å². The minimum atomic E-state index is 0.835. The van der Waals surface area contributed by atoms with Crippen LogP contribution in [0.1, 0.15) is 18.4 Å². The summed E-state index contributed by atoms with van der Waals surface area (Å²) in [5.41, 5.74) is 0.835. The summed E-state index contributed by atoms with van der Waals surface area (Å²) in [5, 5.41) is 3.66. The van der Waals surface area contributed by atoms with Crippen molar-refractivity contribution in [2.75, 3.05) is 0 Å². The van der Waals surface area contributed by atoms with Crippen LogP contribution in [0.25, 0.3) is 0 Å². The number of aryl methyl sites for hydroxylation is 2. The molecule has 0 aliphatic carbocycles. The highest BCUT2D eigenvalue weighted by Gasteiger charge is 1.94. The fourth-order valence-electron chi connectivity index (χ4n) is 0.524. The normalized spacial score (nSPS) is 9.75. The standard InChI is InChI=1S/C6H8NO/c1-3-6-4-5(2)7-8-6/h3H2,1-2H3. The van der Waals surface area contributed by atoms with E-state index in [0.29, 0.717) is 0 Å². The summed E-state index contributed by atoms with van der Waals surface area (Å²) in [6.07, 6.45) is 0.876. The molecule has 0 aromatic carbocycles. The van der Waals surface area contributed by atoms with Gasteiger partial charge in [0.25, 0.3) is 0 Å². The molecule has 43 valence electrons. The van der Waals surface area contributed by atoms with Crippen LogP contribution in [0.15, 0.2) is 4.52 Å². The maximum atomic E-state index is 4.81. The summed E-state index contributed by atoms with van der Waals surface area (Å²) in [5.74, 6) is 0.836. The summed E-state index contributed by atoms with van der Waals surface area (Å²) < 4.78 is 4.81. The van der Waals surface area contributed by atoms with E-state index in [9.17, 15) is 0 Å². The first-order valence-electron chi connectivity index (χ1n) is 2.67. The average Bonchev–Trinajstić information content (AvgIpc) is 2.14. The molecule has 0 aliphatic rings. The molecule has 0 saturated heterocycles. The second kappa shape index (κ2) is 1.99. The SMILES string of the molecule is CCc1[c]c(C)no1.